The van der Waals surface area contributed by atoms with E-state index in [-0.39, 0.29) is 5.91 Å². The molecule has 1 fully saturated rings. The average molecular weight is 344 g/mol. The number of carbonyl (C=O) groups excluding carboxylic acids is 1. The topological polar surface area (TPSA) is 58.1 Å². The van der Waals surface area contributed by atoms with Crippen LogP contribution >= 0.6 is 0 Å². The summed E-state index contributed by atoms with van der Waals surface area (Å²) >= 11 is 0. The van der Waals surface area contributed by atoms with Crippen molar-refractivity contribution in [1.82, 2.24) is 10.2 Å². The van der Waals surface area contributed by atoms with Gasteiger partial charge in [-0.2, -0.15) is 0 Å². The number of carbonyl (C=O) groups is 1. The fourth-order valence-corrected chi connectivity index (χ4v) is 3.11. The highest BCUT2D eigenvalue weighted by Crippen LogP contribution is 2.21. The zero-order chi connectivity index (χ0) is 17.8. The van der Waals surface area contributed by atoms with Crippen LogP contribution in [0.15, 0.2) is 66.7 Å². The van der Waals surface area contributed by atoms with Gasteiger partial charge < -0.3 is 10.2 Å². The first-order valence-electron chi connectivity index (χ1n) is 8.85. The highest BCUT2D eigenvalue weighted by Gasteiger charge is 2.14. The molecule has 1 aliphatic heterocycles. The van der Waals surface area contributed by atoms with Crippen molar-refractivity contribution in [3.05, 3.63) is 72.3 Å². The van der Waals surface area contributed by atoms with Crippen LogP contribution in [-0.2, 0) is 0 Å². The Labute approximate surface area is 152 Å². The summed E-state index contributed by atoms with van der Waals surface area (Å²) < 4.78 is 0. The number of anilines is 2. The fourth-order valence-electron chi connectivity index (χ4n) is 3.11. The summed E-state index contributed by atoms with van der Waals surface area (Å²) in [5, 5.41) is 11.6. The minimum Gasteiger partial charge on any atom is -0.355 e. The van der Waals surface area contributed by atoms with Crippen molar-refractivity contribution in [2.24, 2.45) is 0 Å². The van der Waals surface area contributed by atoms with Gasteiger partial charge in [0.15, 0.2) is 5.82 Å². The Hall–Kier alpha value is -3.21. The first kappa shape index (κ1) is 16.3. The number of hydrogen-bond acceptors (Lipinski definition) is 4. The van der Waals surface area contributed by atoms with E-state index in [4.69, 9.17) is 0 Å². The number of nitrogens with zero attached hydrogens (tertiary/aromatic N) is 3. The minimum atomic E-state index is -0.127. The predicted molar refractivity (Wildman–Crippen MR) is 103 cm³/mol. The summed E-state index contributed by atoms with van der Waals surface area (Å²) in [5.74, 6) is 0.809. The van der Waals surface area contributed by atoms with Gasteiger partial charge in [0, 0.05) is 29.9 Å². The van der Waals surface area contributed by atoms with Crippen LogP contribution in [0, 0.1) is 0 Å². The maximum absolute atomic E-state index is 12.3. The fraction of sp³-hybridized carbons (Fsp3) is 0.190. The van der Waals surface area contributed by atoms with E-state index in [1.807, 2.05) is 66.7 Å². The second-order valence-electron chi connectivity index (χ2n) is 6.37. The van der Waals surface area contributed by atoms with E-state index in [0.29, 0.717) is 5.56 Å². The van der Waals surface area contributed by atoms with Gasteiger partial charge in [0.1, 0.15) is 0 Å². The normalized spacial score (nSPS) is 13.6. The molecule has 0 saturated carbocycles. The molecule has 0 radical (unpaired) electrons. The monoisotopic (exact) mass is 344 g/mol. The van der Waals surface area contributed by atoms with Gasteiger partial charge in [-0.05, 0) is 49.2 Å². The van der Waals surface area contributed by atoms with Crippen LogP contribution < -0.4 is 10.2 Å². The van der Waals surface area contributed by atoms with E-state index >= 15 is 0 Å². The van der Waals surface area contributed by atoms with Crippen LogP contribution in [0.5, 0.6) is 0 Å². The average Bonchev–Trinajstić information content (AvgIpc) is 3.24. The standard InChI is InChI=1S/C21H20N4O/c26-21(22-18-6-2-1-3-7-18)17-10-8-16(9-11-17)19-12-13-20(24-23-19)25-14-4-5-15-25/h1-3,6-13H,4-5,14-15H2,(H,22,26). The minimum absolute atomic E-state index is 0.127. The van der Waals surface area contributed by atoms with Crippen LogP contribution in [0.1, 0.15) is 23.2 Å². The predicted octanol–water partition coefficient (Wildman–Crippen LogP) is 4.00. The molecule has 2 heterocycles. The third-order valence-corrected chi connectivity index (χ3v) is 4.56. The van der Waals surface area contributed by atoms with Crippen molar-refractivity contribution in [1.29, 1.82) is 0 Å². The number of amides is 1. The molecule has 5 nitrogen and oxygen atoms in total. The number of para-hydroxylation sites is 1. The van der Waals surface area contributed by atoms with Crippen molar-refractivity contribution in [2.75, 3.05) is 23.3 Å². The Morgan fingerprint density at radius 3 is 2.23 bits per heavy atom. The van der Waals surface area contributed by atoms with Crippen molar-refractivity contribution >= 4 is 17.4 Å². The molecule has 2 aromatic carbocycles. The smallest absolute Gasteiger partial charge is 0.255 e. The highest BCUT2D eigenvalue weighted by molar-refractivity contribution is 6.04. The SMILES string of the molecule is O=C(Nc1ccccc1)c1ccc(-c2ccc(N3CCCC3)nn2)cc1. The number of hydrogen-bond donors (Lipinski definition) is 1. The quantitative estimate of drug-likeness (QED) is 0.777. The summed E-state index contributed by atoms with van der Waals surface area (Å²) in [5.41, 5.74) is 3.15. The van der Waals surface area contributed by atoms with Gasteiger partial charge in [0.2, 0.25) is 0 Å². The molecule has 0 bridgehead atoms. The van der Waals surface area contributed by atoms with Crippen molar-refractivity contribution in [3.8, 4) is 11.3 Å². The Balaban J connectivity index is 1.46. The summed E-state index contributed by atoms with van der Waals surface area (Å²) in [6, 6.07) is 20.9. The second-order valence-corrected chi connectivity index (χ2v) is 6.37. The van der Waals surface area contributed by atoms with Gasteiger partial charge in [-0.1, -0.05) is 30.3 Å². The zero-order valence-corrected chi connectivity index (χ0v) is 14.4. The van der Waals surface area contributed by atoms with Crippen molar-refractivity contribution in [3.63, 3.8) is 0 Å². The van der Waals surface area contributed by atoms with Crippen LogP contribution in [0.3, 0.4) is 0 Å². The Morgan fingerprint density at radius 2 is 1.58 bits per heavy atom. The summed E-state index contributed by atoms with van der Waals surface area (Å²) in [7, 11) is 0. The van der Waals surface area contributed by atoms with Crippen LogP contribution in [0.2, 0.25) is 0 Å². The second kappa shape index (κ2) is 7.35. The number of benzene rings is 2. The van der Waals surface area contributed by atoms with Gasteiger partial charge in [-0.25, -0.2) is 0 Å². The lowest BCUT2D eigenvalue weighted by Gasteiger charge is -2.15. The van der Waals surface area contributed by atoms with Gasteiger partial charge in [0.25, 0.3) is 5.91 Å². The first-order chi connectivity index (χ1) is 12.8. The molecular formula is C21H20N4O. The van der Waals surface area contributed by atoms with Gasteiger partial charge in [0.05, 0.1) is 5.69 Å². The van der Waals surface area contributed by atoms with E-state index in [0.717, 1.165) is 35.9 Å². The number of nitrogens with one attached hydrogen (secondary N) is 1. The maximum Gasteiger partial charge on any atom is 0.255 e. The molecular weight excluding hydrogens is 324 g/mol. The highest BCUT2D eigenvalue weighted by atomic mass is 16.1. The van der Waals surface area contributed by atoms with Gasteiger partial charge >= 0.3 is 0 Å². The van der Waals surface area contributed by atoms with Gasteiger partial charge in [-0.15, -0.1) is 10.2 Å². The molecule has 0 atom stereocenters. The van der Waals surface area contributed by atoms with Crippen molar-refractivity contribution < 1.29 is 4.79 Å². The molecule has 4 rings (SSSR count). The van der Waals surface area contributed by atoms with E-state index in [2.05, 4.69) is 20.4 Å². The number of aromatic nitrogens is 2. The third kappa shape index (κ3) is 3.57. The Morgan fingerprint density at radius 1 is 0.846 bits per heavy atom. The van der Waals surface area contributed by atoms with Crippen LogP contribution in [0.25, 0.3) is 11.3 Å². The van der Waals surface area contributed by atoms with Crippen LogP contribution in [0.4, 0.5) is 11.5 Å². The van der Waals surface area contributed by atoms with E-state index < -0.39 is 0 Å². The third-order valence-electron chi connectivity index (χ3n) is 4.56. The number of rotatable bonds is 4. The molecule has 1 amide bonds. The van der Waals surface area contributed by atoms with Crippen LogP contribution in [-0.4, -0.2) is 29.2 Å². The molecule has 5 heteroatoms. The molecule has 1 saturated heterocycles. The zero-order valence-electron chi connectivity index (χ0n) is 14.4. The molecule has 1 aliphatic rings. The lowest BCUT2D eigenvalue weighted by Crippen LogP contribution is -2.19. The van der Waals surface area contributed by atoms with E-state index in [1.165, 1.54) is 12.8 Å². The molecule has 0 aliphatic carbocycles. The van der Waals surface area contributed by atoms with E-state index in [1.54, 1.807) is 0 Å². The summed E-state index contributed by atoms with van der Waals surface area (Å²) in [6.07, 6.45) is 2.44. The van der Waals surface area contributed by atoms with Gasteiger partial charge in [-0.3, -0.25) is 4.79 Å². The molecule has 0 unspecified atom stereocenters. The summed E-state index contributed by atoms with van der Waals surface area (Å²) in [4.78, 5) is 14.6. The molecule has 1 aromatic heterocycles. The molecule has 130 valence electrons. The molecule has 0 spiro atoms. The molecule has 3 aromatic rings. The van der Waals surface area contributed by atoms with E-state index in [9.17, 15) is 4.79 Å². The molecule has 26 heavy (non-hydrogen) atoms. The molecule has 1 N–H and O–H groups in total. The lowest BCUT2D eigenvalue weighted by atomic mass is 10.1. The largest absolute Gasteiger partial charge is 0.355 e. The first-order valence-corrected chi connectivity index (χ1v) is 8.85. The van der Waals surface area contributed by atoms with Crippen molar-refractivity contribution in [2.45, 2.75) is 12.8 Å². The Kier molecular flexibility index (Phi) is 4.60. The maximum atomic E-state index is 12.3. The Bertz CT molecular complexity index is 870. The summed E-state index contributed by atoms with van der Waals surface area (Å²) in [6.45, 7) is 2.11. The lowest BCUT2D eigenvalue weighted by molar-refractivity contribution is 0.102.